The fourth-order valence-corrected chi connectivity index (χ4v) is 1.50. The molecule has 0 aliphatic rings. The SMILES string of the molecule is CC(=O)CC(C)(O)c1ccc(C)cc1. The summed E-state index contributed by atoms with van der Waals surface area (Å²) in [6.45, 7) is 5.14. The lowest BCUT2D eigenvalue weighted by molar-refractivity contribution is -0.121. The highest BCUT2D eigenvalue weighted by atomic mass is 16.3. The minimum atomic E-state index is -1.04. The van der Waals surface area contributed by atoms with Crippen LogP contribution in [0, 0.1) is 6.92 Å². The Morgan fingerprint density at radius 1 is 1.36 bits per heavy atom. The number of aryl methyl sites for hydroxylation is 1. The van der Waals surface area contributed by atoms with E-state index in [-0.39, 0.29) is 12.2 Å². The van der Waals surface area contributed by atoms with Crippen molar-refractivity contribution in [1.29, 1.82) is 0 Å². The van der Waals surface area contributed by atoms with Gasteiger partial charge in [-0.3, -0.25) is 4.79 Å². The smallest absolute Gasteiger partial charge is 0.133 e. The Balaban J connectivity index is 2.91. The third-order valence-electron chi connectivity index (χ3n) is 2.27. The van der Waals surface area contributed by atoms with Gasteiger partial charge in [0, 0.05) is 6.42 Å². The minimum absolute atomic E-state index is 0.00410. The van der Waals surface area contributed by atoms with Gasteiger partial charge in [-0.25, -0.2) is 0 Å². The zero-order valence-corrected chi connectivity index (χ0v) is 8.87. The quantitative estimate of drug-likeness (QED) is 0.797. The van der Waals surface area contributed by atoms with Crippen molar-refractivity contribution in [3.8, 4) is 0 Å². The normalized spacial score (nSPS) is 14.9. The molecule has 1 aromatic carbocycles. The van der Waals surface area contributed by atoms with Crippen LogP contribution in [0.1, 0.15) is 31.4 Å². The zero-order valence-electron chi connectivity index (χ0n) is 8.87. The molecule has 1 rings (SSSR count). The van der Waals surface area contributed by atoms with Gasteiger partial charge in [0.05, 0.1) is 5.60 Å². The summed E-state index contributed by atoms with van der Waals surface area (Å²) in [5.41, 5.74) is 0.894. The Hall–Kier alpha value is -1.15. The Labute approximate surface area is 84.6 Å². The number of hydrogen-bond donors (Lipinski definition) is 1. The standard InChI is InChI=1S/C12H16O2/c1-9-4-6-11(7-5-9)12(3,14)8-10(2)13/h4-7,14H,8H2,1-3H3. The van der Waals surface area contributed by atoms with Crippen LogP contribution in [-0.4, -0.2) is 10.9 Å². The summed E-state index contributed by atoms with van der Waals surface area (Å²) in [6, 6.07) is 7.59. The first-order valence-corrected chi connectivity index (χ1v) is 4.71. The van der Waals surface area contributed by atoms with E-state index in [0.717, 1.165) is 11.1 Å². The Morgan fingerprint density at radius 2 is 1.86 bits per heavy atom. The molecular formula is C12H16O2. The molecule has 0 saturated carbocycles. The molecule has 0 fully saturated rings. The lowest BCUT2D eigenvalue weighted by Gasteiger charge is -2.22. The first-order chi connectivity index (χ1) is 6.42. The number of rotatable bonds is 3. The third kappa shape index (κ3) is 2.67. The van der Waals surface area contributed by atoms with E-state index >= 15 is 0 Å². The molecule has 0 aromatic heterocycles. The summed E-state index contributed by atoms with van der Waals surface area (Å²) >= 11 is 0. The predicted octanol–water partition coefficient (Wildman–Crippen LogP) is 2.18. The van der Waals surface area contributed by atoms with Gasteiger partial charge in [-0.1, -0.05) is 29.8 Å². The Kier molecular flexibility index (Phi) is 3.06. The third-order valence-corrected chi connectivity index (χ3v) is 2.27. The first-order valence-electron chi connectivity index (χ1n) is 4.71. The predicted molar refractivity (Wildman–Crippen MR) is 56.0 cm³/mol. The second-order valence-corrected chi connectivity index (χ2v) is 4.02. The molecule has 0 heterocycles. The Morgan fingerprint density at radius 3 is 2.29 bits per heavy atom. The summed E-state index contributed by atoms with van der Waals surface area (Å²) < 4.78 is 0. The number of hydrogen-bond acceptors (Lipinski definition) is 2. The van der Waals surface area contributed by atoms with Gasteiger partial charge in [-0.15, -0.1) is 0 Å². The summed E-state index contributed by atoms with van der Waals surface area (Å²) in [4.78, 5) is 10.9. The van der Waals surface area contributed by atoms with Crippen molar-refractivity contribution in [2.45, 2.75) is 32.8 Å². The maximum atomic E-state index is 10.9. The molecule has 14 heavy (non-hydrogen) atoms. The largest absolute Gasteiger partial charge is 0.385 e. The van der Waals surface area contributed by atoms with Crippen molar-refractivity contribution < 1.29 is 9.90 Å². The minimum Gasteiger partial charge on any atom is -0.385 e. The van der Waals surface area contributed by atoms with Gasteiger partial charge >= 0.3 is 0 Å². The van der Waals surface area contributed by atoms with Gasteiger partial charge in [0.1, 0.15) is 5.78 Å². The number of Topliss-reactive ketones (excluding diaryl/α,β-unsaturated/α-hetero) is 1. The molecule has 2 nitrogen and oxygen atoms in total. The molecule has 0 aliphatic heterocycles. The molecule has 0 aliphatic carbocycles. The molecule has 0 saturated heterocycles. The van der Waals surface area contributed by atoms with Gasteiger partial charge in [0.25, 0.3) is 0 Å². The molecule has 76 valence electrons. The van der Waals surface area contributed by atoms with Crippen LogP contribution in [0.3, 0.4) is 0 Å². The van der Waals surface area contributed by atoms with Gasteiger partial charge in [0.2, 0.25) is 0 Å². The van der Waals surface area contributed by atoms with Crippen molar-refractivity contribution in [1.82, 2.24) is 0 Å². The first kappa shape index (κ1) is 10.9. The average Bonchev–Trinajstić information content (AvgIpc) is 2.02. The second-order valence-electron chi connectivity index (χ2n) is 4.02. The van der Waals surface area contributed by atoms with Crippen LogP contribution in [0.15, 0.2) is 24.3 Å². The van der Waals surface area contributed by atoms with E-state index in [1.54, 1.807) is 6.92 Å². The summed E-state index contributed by atoms with van der Waals surface area (Å²) in [6.07, 6.45) is 0.163. The topological polar surface area (TPSA) is 37.3 Å². The van der Waals surface area contributed by atoms with Gasteiger partial charge in [-0.2, -0.15) is 0 Å². The van der Waals surface area contributed by atoms with Crippen LogP contribution in [0.25, 0.3) is 0 Å². The number of aliphatic hydroxyl groups is 1. The van der Waals surface area contributed by atoms with Gasteiger partial charge < -0.3 is 5.11 Å². The van der Waals surface area contributed by atoms with Crippen molar-refractivity contribution in [3.63, 3.8) is 0 Å². The second kappa shape index (κ2) is 3.93. The van der Waals surface area contributed by atoms with E-state index in [4.69, 9.17) is 0 Å². The lowest BCUT2D eigenvalue weighted by atomic mass is 9.90. The van der Waals surface area contributed by atoms with Gasteiger partial charge in [0.15, 0.2) is 0 Å². The molecule has 1 N–H and O–H groups in total. The average molecular weight is 192 g/mol. The van der Waals surface area contributed by atoms with Crippen LogP contribution < -0.4 is 0 Å². The summed E-state index contributed by atoms with van der Waals surface area (Å²) in [7, 11) is 0. The van der Waals surface area contributed by atoms with E-state index in [1.165, 1.54) is 6.92 Å². The highest BCUT2D eigenvalue weighted by molar-refractivity contribution is 5.76. The molecule has 2 heteroatoms. The molecule has 0 amide bonds. The molecular weight excluding hydrogens is 176 g/mol. The van der Waals surface area contributed by atoms with Crippen LogP contribution in [0.5, 0.6) is 0 Å². The Bertz CT molecular complexity index is 323. The van der Waals surface area contributed by atoms with E-state index in [0.29, 0.717) is 0 Å². The summed E-state index contributed by atoms with van der Waals surface area (Å²) in [5, 5.41) is 10.0. The summed E-state index contributed by atoms with van der Waals surface area (Å²) in [5.74, 6) is -0.00410. The number of benzene rings is 1. The van der Waals surface area contributed by atoms with Crippen LogP contribution in [-0.2, 0) is 10.4 Å². The maximum Gasteiger partial charge on any atom is 0.133 e. The molecule has 0 radical (unpaired) electrons. The van der Waals surface area contributed by atoms with Crippen molar-refractivity contribution >= 4 is 5.78 Å². The lowest BCUT2D eigenvalue weighted by Crippen LogP contribution is -2.24. The number of carbonyl (C=O) groups is 1. The molecule has 1 atom stereocenters. The van der Waals surface area contributed by atoms with Crippen molar-refractivity contribution in [2.75, 3.05) is 0 Å². The van der Waals surface area contributed by atoms with Crippen LogP contribution >= 0.6 is 0 Å². The van der Waals surface area contributed by atoms with Crippen molar-refractivity contribution in [2.24, 2.45) is 0 Å². The molecule has 0 bridgehead atoms. The molecule has 1 aromatic rings. The highest BCUT2D eigenvalue weighted by Crippen LogP contribution is 2.24. The van der Waals surface area contributed by atoms with E-state index in [1.807, 2.05) is 31.2 Å². The number of carbonyl (C=O) groups excluding carboxylic acids is 1. The monoisotopic (exact) mass is 192 g/mol. The zero-order chi connectivity index (χ0) is 10.8. The van der Waals surface area contributed by atoms with Crippen LogP contribution in [0.4, 0.5) is 0 Å². The fraction of sp³-hybridized carbons (Fsp3) is 0.417. The molecule has 1 unspecified atom stereocenters. The molecule has 0 spiro atoms. The number of ketones is 1. The van der Waals surface area contributed by atoms with E-state index < -0.39 is 5.60 Å². The fourth-order valence-electron chi connectivity index (χ4n) is 1.50. The van der Waals surface area contributed by atoms with E-state index in [9.17, 15) is 9.90 Å². The highest BCUT2D eigenvalue weighted by Gasteiger charge is 2.24. The van der Waals surface area contributed by atoms with Crippen LogP contribution in [0.2, 0.25) is 0 Å². The van der Waals surface area contributed by atoms with E-state index in [2.05, 4.69) is 0 Å². The maximum absolute atomic E-state index is 10.9. The van der Waals surface area contributed by atoms with Gasteiger partial charge in [-0.05, 0) is 26.3 Å². The van der Waals surface area contributed by atoms with Crippen molar-refractivity contribution in [3.05, 3.63) is 35.4 Å².